The lowest BCUT2D eigenvalue weighted by molar-refractivity contribution is -0.384. The van der Waals surface area contributed by atoms with Crippen molar-refractivity contribution in [2.45, 2.75) is 0 Å². The van der Waals surface area contributed by atoms with E-state index in [1.54, 1.807) is 18.5 Å². The highest BCUT2D eigenvalue weighted by Gasteiger charge is 2.14. The number of nitrogens with zero attached hydrogens (tertiary/aromatic N) is 3. The maximum Gasteiger partial charge on any atom is 0.293 e. The SMILES string of the molecule is Nc1ncc(-c2cccc(Nc3ccc(I)cc3[N+](=O)[O-])c2)cn1. The molecule has 3 N–H and O–H groups in total. The average molecular weight is 433 g/mol. The van der Waals surface area contributed by atoms with Crippen LogP contribution in [0.1, 0.15) is 0 Å². The lowest BCUT2D eigenvalue weighted by Crippen LogP contribution is -1.98. The summed E-state index contributed by atoms with van der Waals surface area (Å²) in [6.07, 6.45) is 3.27. The van der Waals surface area contributed by atoms with E-state index in [1.807, 2.05) is 52.9 Å². The highest BCUT2D eigenvalue weighted by molar-refractivity contribution is 14.1. The number of aromatic nitrogens is 2. The standard InChI is InChI=1S/C16H12IN5O2/c17-12-4-5-14(15(7-12)22(23)24)21-13-3-1-2-10(6-13)11-8-19-16(18)20-9-11/h1-9,21H,(H2,18,19,20). The Morgan fingerprint density at radius 3 is 2.54 bits per heavy atom. The topological polar surface area (TPSA) is 107 Å². The van der Waals surface area contributed by atoms with E-state index < -0.39 is 4.92 Å². The van der Waals surface area contributed by atoms with Gasteiger partial charge in [-0.25, -0.2) is 9.97 Å². The molecule has 0 aliphatic heterocycles. The zero-order chi connectivity index (χ0) is 17.1. The van der Waals surface area contributed by atoms with Gasteiger partial charge in [0.2, 0.25) is 5.95 Å². The Labute approximate surface area is 151 Å². The number of halogens is 1. The molecule has 7 nitrogen and oxygen atoms in total. The van der Waals surface area contributed by atoms with E-state index in [0.29, 0.717) is 5.69 Å². The largest absolute Gasteiger partial charge is 0.368 e. The third kappa shape index (κ3) is 3.59. The third-order valence-corrected chi connectivity index (χ3v) is 3.97. The lowest BCUT2D eigenvalue weighted by atomic mass is 10.1. The number of nitrogens with one attached hydrogen (secondary N) is 1. The molecule has 3 aromatic rings. The zero-order valence-corrected chi connectivity index (χ0v) is 14.5. The Hall–Kier alpha value is -2.75. The number of rotatable bonds is 4. The summed E-state index contributed by atoms with van der Waals surface area (Å²) in [4.78, 5) is 18.8. The molecule has 0 aliphatic carbocycles. The molecule has 0 atom stereocenters. The molecule has 0 saturated heterocycles. The monoisotopic (exact) mass is 433 g/mol. The van der Waals surface area contributed by atoms with Crippen molar-refractivity contribution in [2.24, 2.45) is 0 Å². The van der Waals surface area contributed by atoms with Crippen LogP contribution in [0.4, 0.5) is 23.0 Å². The van der Waals surface area contributed by atoms with Crippen LogP contribution >= 0.6 is 22.6 Å². The van der Waals surface area contributed by atoms with Crippen LogP contribution in [0.5, 0.6) is 0 Å². The molecule has 0 fully saturated rings. The molecule has 3 rings (SSSR count). The molecule has 120 valence electrons. The minimum Gasteiger partial charge on any atom is -0.368 e. The summed E-state index contributed by atoms with van der Waals surface area (Å²) in [5.41, 5.74) is 8.38. The molecule has 0 saturated carbocycles. The molecule has 0 bridgehead atoms. The smallest absolute Gasteiger partial charge is 0.293 e. The summed E-state index contributed by atoms with van der Waals surface area (Å²) < 4.78 is 0.803. The minimum atomic E-state index is -0.401. The predicted octanol–water partition coefficient (Wildman–Crippen LogP) is 3.98. The van der Waals surface area contributed by atoms with Gasteiger partial charge in [-0.05, 0) is 52.4 Å². The minimum absolute atomic E-state index is 0.0307. The van der Waals surface area contributed by atoms with Gasteiger partial charge in [0.15, 0.2) is 0 Å². The van der Waals surface area contributed by atoms with E-state index in [0.717, 1.165) is 20.4 Å². The number of hydrogen-bond donors (Lipinski definition) is 2. The molecule has 0 radical (unpaired) electrons. The van der Waals surface area contributed by atoms with E-state index in [1.165, 1.54) is 6.07 Å². The summed E-state index contributed by atoms with van der Waals surface area (Å²) in [5.74, 6) is 0.211. The second-order valence-electron chi connectivity index (χ2n) is 4.95. The number of nitro benzene ring substituents is 1. The lowest BCUT2D eigenvalue weighted by Gasteiger charge is -2.09. The van der Waals surface area contributed by atoms with Crippen LogP contribution in [0.2, 0.25) is 0 Å². The first-order valence-corrected chi connectivity index (χ1v) is 8.00. The third-order valence-electron chi connectivity index (χ3n) is 3.30. The van der Waals surface area contributed by atoms with Gasteiger partial charge in [0.1, 0.15) is 5.69 Å². The first-order valence-electron chi connectivity index (χ1n) is 6.92. The maximum atomic E-state index is 11.2. The van der Waals surface area contributed by atoms with Gasteiger partial charge in [-0.1, -0.05) is 12.1 Å². The quantitative estimate of drug-likeness (QED) is 0.366. The number of nitro groups is 1. The number of nitrogen functional groups attached to an aromatic ring is 1. The molecule has 0 amide bonds. The van der Waals surface area contributed by atoms with Gasteiger partial charge in [-0.2, -0.15) is 0 Å². The Kier molecular flexibility index (Phi) is 4.56. The van der Waals surface area contributed by atoms with Crippen LogP contribution in [-0.2, 0) is 0 Å². The van der Waals surface area contributed by atoms with E-state index >= 15 is 0 Å². The molecule has 1 heterocycles. The first-order chi connectivity index (χ1) is 11.5. The summed E-state index contributed by atoms with van der Waals surface area (Å²) in [6, 6.07) is 12.5. The number of hydrogen-bond acceptors (Lipinski definition) is 6. The molecule has 2 aromatic carbocycles. The molecule has 24 heavy (non-hydrogen) atoms. The van der Waals surface area contributed by atoms with Gasteiger partial charge in [-0.3, -0.25) is 10.1 Å². The second-order valence-corrected chi connectivity index (χ2v) is 6.20. The van der Waals surface area contributed by atoms with E-state index in [9.17, 15) is 10.1 Å². The summed E-state index contributed by atoms with van der Waals surface area (Å²) in [7, 11) is 0. The first kappa shape index (κ1) is 16.1. The van der Waals surface area contributed by atoms with Crippen molar-refractivity contribution in [1.29, 1.82) is 0 Å². The van der Waals surface area contributed by atoms with Crippen molar-refractivity contribution >= 4 is 45.6 Å². The Bertz CT molecular complexity index is 899. The molecular weight excluding hydrogens is 421 g/mol. The predicted molar refractivity (Wildman–Crippen MR) is 101 cm³/mol. The maximum absolute atomic E-state index is 11.2. The van der Waals surface area contributed by atoms with E-state index in [-0.39, 0.29) is 11.6 Å². The molecule has 1 aromatic heterocycles. The summed E-state index contributed by atoms with van der Waals surface area (Å²) >= 11 is 2.05. The van der Waals surface area contributed by atoms with Crippen molar-refractivity contribution in [2.75, 3.05) is 11.1 Å². The van der Waals surface area contributed by atoms with E-state index in [2.05, 4.69) is 15.3 Å². The van der Waals surface area contributed by atoms with Crippen molar-refractivity contribution in [1.82, 2.24) is 9.97 Å². The van der Waals surface area contributed by atoms with Crippen molar-refractivity contribution in [3.8, 4) is 11.1 Å². The fraction of sp³-hybridized carbons (Fsp3) is 0. The van der Waals surface area contributed by atoms with Gasteiger partial charge in [-0.15, -0.1) is 0 Å². The zero-order valence-electron chi connectivity index (χ0n) is 12.3. The van der Waals surface area contributed by atoms with Crippen molar-refractivity contribution in [3.63, 3.8) is 0 Å². The fourth-order valence-corrected chi connectivity index (χ4v) is 2.66. The van der Waals surface area contributed by atoms with Gasteiger partial charge in [0.25, 0.3) is 5.69 Å². The molecule has 0 aliphatic rings. The van der Waals surface area contributed by atoms with Crippen LogP contribution < -0.4 is 11.1 Å². The van der Waals surface area contributed by atoms with Crippen LogP contribution in [0.25, 0.3) is 11.1 Å². The highest BCUT2D eigenvalue weighted by Crippen LogP contribution is 2.30. The van der Waals surface area contributed by atoms with Crippen LogP contribution in [0.15, 0.2) is 54.9 Å². The van der Waals surface area contributed by atoms with Crippen molar-refractivity contribution in [3.05, 3.63) is 68.5 Å². The molecule has 0 unspecified atom stereocenters. The normalized spacial score (nSPS) is 10.4. The number of nitrogens with two attached hydrogens (primary N) is 1. The summed E-state index contributed by atoms with van der Waals surface area (Å²) in [6.45, 7) is 0. The van der Waals surface area contributed by atoms with Gasteiger partial charge < -0.3 is 11.1 Å². The van der Waals surface area contributed by atoms with E-state index in [4.69, 9.17) is 5.73 Å². The van der Waals surface area contributed by atoms with Gasteiger partial charge >= 0.3 is 0 Å². The summed E-state index contributed by atoms with van der Waals surface area (Å²) in [5, 5.41) is 14.3. The van der Waals surface area contributed by atoms with Crippen LogP contribution in [-0.4, -0.2) is 14.9 Å². The molecule has 8 heteroatoms. The van der Waals surface area contributed by atoms with Gasteiger partial charge in [0.05, 0.1) is 4.92 Å². The molecule has 0 spiro atoms. The van der Waals surface area contributed by atoms with Crippen molar-refractivity contribution < 1.29 is 4.92 Å². The fourth-order valence-electron chi connectivity index (χ4n) is 2.18. The van der Waals surface area contributed by atoms with Gasteiger partial charge in [0, 0.05) is 33.3 Å². The van der Waals surface area contributed by atoms with Crippen LogP contribution in [0, 0.1) is 13.7 Å². The second kappa shape index (κ2) is 6.79. The number of anilines is 3. The molecular formula is C16H12IN5O2. The Morgan fingerprint density at radius 2 is 1.83 bits per heavy atom. The Morgan fingerprint density at radius 1 is 1.08 bits per heavy atom. The number of benzene rings is 2. The highest BCUT2D eigenvalue weighted by atomic mass is 127. The van der Waals surface area contributed by atoms with Crippen LogP contribution in [0.3, 0.4) is 0 Å². The Balaban J connectivity index is 1.93. The average Bonchev–Trinajstić information content (AvgIpc) is 2.57.